The zero-order chi connectivity index (χ0) is 25.5. The summed E-state index contributed by atoms with van der Waals surface area (Å²) in [4.78, 5) is 30.4. The second kappa shape index (κ2) is 12.1. The van der Waals surface area contributed by atoms with E-state index in [0.29, 0.717) is 44.6 Å². The lowest BCUT2D eigenvalue weighted by molar-refractivity contribution is 0.121. The van der Waals surface area contributed by atoms with Crippen molar-refractivity contribution in [1.29, 1.82) is 0 Å². The Bertz CT molecular complexity index is 1150. The molecular weight excluding hydrogens is 454 g/mol. The fourth-order valence-electron chi connectivity index (χ4n) is 4.72. The summed E-state index contributed by atoms with van der Waals surface area (Å²) in [6.45, 7) is 10.6. The molecule has 1 amide bonds. The molecule has 0 bridgehead atoms. The van der Waals surface area contributed by atoms with Gasteiger partial charge in [0.15, 0.2) is 17.0 Å². The van der Waals surface area contributed by atoms with Crippen LogP contribution in [0.3, 0.4) is 0 Å². The Kier molecular flexibility index (Phi) is 8.61. The Morgan fingerprint density at radius 2 is 1.97 bits per heavy atom. The molecule has 1 N–H and O–H groups in total. The lowest BCUT2D eigenvalue weighted by atomic mass is 9.99. The summed E-state index contributed by atoms with van der Waals surface area (Å²) < 4.78 is 6.98. The maximum absolute atomic E-state index is 11.9. The van der Waals surface area contributed by atoms with E-state index in [-0.39, 0.29) is 6.09 Å². The number of carbonyl (C=O) groups is 1. The lowest BCUT2D eigenvalue weighted by Gasteiger charge is -2.34. The minimum atomic E-state index is -0.290. The van der Waals surface area contributed by atoms with Crippen LogP contribution in [0.1, 0.15) is 50.7 Å². The van der Waals surface area contributed by atoms with Crippen molar-refractivity contribution < 1.29 is 9.53 Å². The Labute approximate surface area is 213 Å². The largest absolute Gasteiger partial charge is 0.453 e. The van der Waals surface area contributed by atoms with Crippen LogP contribution in [0.15, 0.2) is 30.6 Å². The fourth-order valence-corrected chi connectivity index (χ4v) is 4.72. The van der Waals surface area contributed by atoms with Crippen LogP contribution in [0.25, 0.3) is 11.2 Å². The molecule has 194 valence electrons. The number of amides is 1. The monoisotopic (exact) mass is 493 g/mol. The molecule has 0 radical (unpaired) electrons. The molecule has 3 aromatic rings. The molecule has 3 heterocycles. The first kappa shape index (κ1) is 25.7. The number of hydrogen-bond acceptors (Lipinski definition) is 7. The zero-order valence-electron chi connectivity index (χ0n) is 22.0. The molecule has 0 spiro atoms. The van der Waals surface area contributed by atoms with E-state index >= 15 is 0 Å². The number of rotatable bonds is 10. The van der Waals surface area contributed by atoms with Crippen LogP contribution in [0.2, 0.25) is 0 Å². The van der Waals surface area contributed by atoms with Gasteiger partial charge in [0.2, 0.25) is 5.95 Å². The molecule has 1 atom stereocenters. The summed E-state index contributed by atoms with van der Waals surface area (Å²) in [5, 5.41) is 3.61. The van der Waals surface area contributed by atoms with E-state index in [1.165, 1.54) is 37.5 Å². The number of benzene rings is 1. The number of nitrogens with one attached hydrogen (secondary N) is 1. The average molecular weight is 494 g/mol. The van der Waals surface area contributed by atoms with E-state index < -0.39 is 0 Å². The van der Waals surface area contributed by atoms with Crippen LogP contribution in [0.5, 0.6) is 0 Å². The summed E-state index contributed by atoms with van der Waals surface area (Å²) in [6, 6.07) is 8.51. The highest BCUT2D eigenvalue weighted by atomic mass is 16.5. The number of aryl methyl sites for hydroxylation is 1. The van der Waals surface area contributed by atoms with Crippen molar-refractivity contribution in [2.75, 3.05) is 50.1 Å². The van der Waals surface area contributed by atoms with Crippen molar-refractivity contribution in [3.05, 3.63) is 41.7 Å². The number of imidazole rings is 1. The van der Waals surface area contributed by atoms with E-state index in [0.717, 1.165) is 29.9 Å². The number of anilines is 2. The third-order valence-corrected chi connectivity index (χ3v) is 6.98. The van der Waals surface area contributed by atoms with Crippen molar-refractivity contribution in [3.63, 3.8) is 0 Å². The van der Waals surface area contributed by atoms with Gasteiger partial charge < -0.3 is 24.4 Å². The molecule has 1 unspecified atom stereocenters. The first-order valence-corrected chi connectivity index (χ1v) is 13.1. The van der Waals surface area contributed by atoms with Crippen LogP contribution < -0.4 is 10.2 Å². The normalized spacial score (nSPS) is 14.8. The highest BCUT2D eigenvalue weighted by Gasteiger charge is 2.25. The SMILES string of the molecule is CCCCC(CC)CNc1nc(N2CCN(C(=O)OC)CC2)nc2c1ncn2Cc1cccc(C)c1. The van der Waals surface area contributed by atoms with E-state index in [2.05, 4.69) is 59.8 Å². The lowest BCUT2D eigenvalue weighted by Crippen LogP contribution is -2.49. The maximum atomic E-state index is 11.9. The number of ether oxygens (including phenoxy) is 1. The summed E-state index contributed by atoms with van der Waals surface area (Å²) in [6.07, 6.45) is 6.35. The standard InChI is InChI=1S/C27H39N7O2/c1-5-7-10-21(6-2)17-28-24-23-25(34(19-29-23)18-22-11-8-9-20(3)16-22)31-26(30-24)32-12-14-33(15-13-32)27(35)36-4/h8-9,11,16,19,21H,5-7,10,12-15,17-18H2,1-4H3,(H,28,30,31). The van der Waals surface area contributed by atoms with Crippen LogP contribution in [-0.4, -0.2) is 70.3 Å². The molecule has 4 rings (SSSR count). The number of nitrogens with zero attached hydrogens (tertiary/aromatic N) is 6. The molecule has 0 aliphatic carbocycles. The van der Waals surface area contributed by atoms with Crippen molar-refractivity contribution >= 4 is 29.0 Å². The smallest absolute Gasteiger partial charge is 0.409 e. The van der Waals surface area contributed by atoms with Gasteiger partial charge in [-0.2, -0.15) is 9.97 Å². The molecular formula is C27H39N7O2. The molecule has 1 aromatic carbocycles. The summed E-state index contributed by atoms with van der Waals surface area (Å²) in [7, 11) is 1.42. The van der Waals surface area contributed by atoms with Crippen LogP contribution in [-0.2, 0) is 11.3 Å². The van der Waals surface area contributed by atoms with Crippen molar-refractivity contribution in [3.8, 4) is 0 Å². The third kappa shape index (κ3) is 6.06. The number of unbranched alkanes of at least 4 members (excludes halogenated alkanes) is 1. The Morgan fingerprint density at radius 3 is 2.67 bits per heavy atom. The van der Waals surface area contributed by atoms with Gasteiger partial charge in [0.25, 0.3) is 0 Å². The minimum Gasteiger partial charge on any atom is -0.453 e. The molecule has 1 saturated heterocycles. The minimum absolute atomic E-state index is 0.290. The Hall–Kier alpha value is -3.36. The van der Waals surface area contributed by atoms with Gasteiger partial charge in [0, 0.05) is 32.7 Å². The molecule has 1 fully saturated rings. The van der Waals surface area contributed by atoms with Gasteiger partial charge in [-0.1, -0.05) is 62.9 Å². The first-order chi connectivity index (χ1) is 17.5. The summed E-state index contributed by atoms with van der Waals surface area (Å²) in [5.74, 6) is 2.04. The Balaban J connectivity index is 1.62. The quantitative estimate of drug-likeness (QED) is 0.438. The number of hydrogen-bond donors (Lipinski definition) is 1. The first-order valence-electron chi connectivity index (χ1n) is 13.1. The predicted octanol–water partition coefficient (Wildman–Crippen LogP) is 4.70. The molecule has 2 aromatic heterocycles. The number of methoxy groups -OCH3 is 1. The number of piperazine rings is 1. The van der Waals surface area contributed by atoms with Gasteiger partial charge in [-0.25, -0.2) is 9.78 Å². The van der Waals surface area contributed by atoms with Crippen molar-refractivity contribution in [2.45, 2.75) is 53.0 Å². The number of carbonyl (C=O) groups excluding carboxylic acids is 1. The summed E-state index contributed by atoms with van der Waals surface area (Å²) >= 11 is 0. The molecule has 9 nitrogen and oxygen atoms in total. The van der Waals surface area contributed by atoms with Gasteiger partial charge in [0.05, 0.1) is 20.0 Å². The van der Waals surface area contributed by atoms with Gasteiger partial charge in [0.1, 0.15) is 0 Å². The van der Waals surface area contributed by atoms with Gasteiger partial charge >= 0.3 is 6.09 Å². The molecule has 36 heavy (non-hydrogen) atoms. The fraction of sp³-hybridized carbons (Fsp3) is 0.556. The second-order valence-corrected chi connectivity index (χ2v) is 9.65. The Morgan fingerprint density at radius 1 is 1.17 bits per heavy atom. The highest BCUT2D eigenvalue weighted by molar-refractivity contribution is 5.84. The second-order valence-electron chi connectivity index (χ2n) is 9.65. The van der Waals surface area contributed by atoms with Crippen LogP contribution >= 0.6 is 0 Å². The summed E-state index contributed by atoms with van der Waals surface area (Å²) in [5.41, 5.74) is 4.06. The maximum Gasteiger partial charge on any atom is 0.409 e. The zero-order valence-corrected chi connectivity index (χ0v) is 22.0. The van der Waals surface area contributed by atoms with Gasteiger partial charge in [-0.05, 0) is 24.8 Å². The van der Waals surface area contributed by atoms with Crippen molar-refractivity contribution in [2.24, 2.45) is 5.92 Å². The predicted molar refractivity (Wildman–Crippen MR) is 144 cm³/mol. The van der Waals surface area contributed by atoms with Crippen molar-refractivity contribution in [1.82, 2.24) is 24.4 Å². The van der Waals surface area contributed by atoms with E-state index in [9.17, 15) is 4.79 Å². The molecule has 1 aliphatic rings. The van der Waals surface area contributed by atoms with Crippen LogP contribution in [0, 0.1) is 12.8 Å². The highest BCUT2D eigenvalue weighted by Crippen LogP contribution is 2.25. The van der Waals surface area contributed by atoms with E-state index in [4.69, 9.17) is 19.7 Å². The molecule has 0 saturated carbocycles. The van der Waals surface area contributed by atoms with E-state index in [1.54, 1.807) is 4.90 Å². The average Bonchev–Trinajstić information content (AvgIpc) is 3.31. The molecule has 9 heteroatoms. The van der Waals surface area contributed by atoms with Gasteiger partial charge in [-0.3, -0.25) is 0 Å². The third-order valence-electron chi connectivity index (χ3n) is 6.98. The van der Waals surface area contributed by atoms with Crippen LogP contribution in [0.4, 0.5) is 16.6 Å². The molecule has 1 aliphatic heterocycles. The van der Waals surface area contributed by atoms with Gasteiger partial charge in [-0.15, -0.1) is 0 Å². The number of aromatic nitrogens is 4. The topological polar surface area (TPSA) is 88.4 Å². The number of fused-ring (bicyclic) bond motifs is 1. The van der Waals surface area contributed by atoms with E-state index in [1.807, 2.05) is 6.33 Å².